The van der Waals surface area contributed by atoms with Gasteiger partial charge in [-0.25, -0.2) is 0 Å². The van der Waals surface area contributed by atoms with Crippen LogP contribution in [-0.2, 0) is 6.42 Å². The lowest BCUT2D eigenvalue weighted by Gasteiger charge is -2.25. The zero-order chi connectivity index (χ0) is 13.0. The van der Waals surface area contributed by atoms with Crippen LogP contribution in [0, 0.1) is 11.5 Å². The van der Waals surface area contributed by atoms with Crippen LogP contribution in [0.3, 0.4) is 0 Å². The Labute approximate surface area is 113 Å². The molecule has 1 aromatic rings. The number of hydrogen-bond acceptors (Lipinski definition) is 3. The minimum Gasteiger partial charge on any atom is -0.343 e. The second kappa shape index (κ2) is 5.92. The molecule has 1 unspecified atom stereocenters. The maximum absolute atomic E-state index is 8.69. The SMILES string of the molecule is CCc1ccc(C(C)N2CCSC2=NC#N)cc1. The third-order valence-corrected chi connectivity index (χ3v) is 4.26. The summed E-state index contributed by atoms with van der Waals surface area (Å²) in [6, 6.07) is 8.98. The van der Waals surface area contributed by atoms with Crippen molar-refractivity contribution in [3.8, 4) is 6.19 Å². The van der Waals surface area contributed by atoms with Crippen molar-refractivity contribution in [1.29, 1.82) is 5.26 Å². The molecule has 1 aliphatic rings. The van der Waals surface area contributed by atoms with Crippen LogP contribution >= 0.6 is 11.8 Å². The first kappa shape index (κ1) is 13.0. The lowest BCUT2D eigenvalue weighted by atomic mass is 10.0. The number of nitriles is 1. The van der Waals surface area contributed by atoms with Crippen LogP contribution < -0.4 is 0 Å². The predicted molar refractivity (Wildman–Crippen MR) is 76.4 cm³/mol. The molecule has 1 aliphatic heterocycles. The number of aliphatic imine (C=N–C) groups is 1. The Morgan fingerprint density at radius 2 is 2.17 bits per heavy atom. The van der Waals surface area contributed by atoms with E-state index in [0.29, 0.717) is 0 Å². The van der Waals surface area contributed by atoms with Crippen LogP contribution in [-0.4, -0.2) is 22.4 Å². The fourth-order valence-electron chi connectivity index (χ4n) is 2.12. The number of hydrogen-bond donors (Lipinski definition) is 0. The van der Waals surface area contributed by atoms with Gasteiger partial charge >= 0.3 is 0 Å². The third kappa shape index (κ3) is 2.68. The molecule has 94 valence electrons. The van der Waals surface area contributed by atoms with Gasteiger partial charge in [-0.2, -0.15) is 5.26 Å². The highest BCUT2D eigenvalue weighted by Gasteiger charge is 2.25. The first-order valence-corrected chi connectivity index (χ1v) is 7.20. The first-order chi connectivity index (χ1) is 8.76. The van der Waals surface area contributed by atoms with Crippen molar-refractivity contribution in [3.63, 3.8) is 0 Å². The van der Waals surface area contributed by atoms with Crippen molar-refractivity contribution in [3.05, 3.63) is 35.4 Å². The molecule has 1 atom stereocenters. The van der Waals surface area contributed by atoms with E-state index in [9.17, 15) is 0 Å². The minimum absolute atomic E-state index is 0.276. The van der Waals surface area contributed by atoms with Gasteiger partial charge in [-0.05, 0) is 24.5 Å². The van der Waals surface area contributed by atoms with Crippen molar-refractivity contribution >= 4 is 16.9 Å². The number of aryl methyl sites for hydroxylation is 1. The summed E-state index contributed by atoms with van der Waals surface area (Å²) >= 11 is 1.66. The summed E-state index contributed by atoms with van der Waals surface area (Å²) in [6.45, 7) is 5.29. The van der Waals surface area contributed by atoms with Crippen LogP contribution in [0.2, 0.25) is 0 Å². The average Bonchev–Trinajstić information content (AvgIpc) is 2.87. The maximum atomic E-state index is 8.69. The molecular formula is C14H17N3S. The van der Waals surface area contributed by atoms with Gasteiger partial charge in [0.1, 0.15) is 0 Å². The second-order valence-electron chi connectivity index (χ2n) is 4.31. The Hall–Kier alpha value is -1.47. The highest BCUT2D eigenvalue weighted by atomic mass is 32.2. The van der Waals surface area contributed by atoms with E-state index >= 15 is 0 Å². The van der Waals surface area contributed by atoms with E-state index in [4.69, 9.17) is 5.26 Å². The predicted octanol–water partition coefficient (Wildman–Crippen LogP) is 3.20. The third-order valence-electron chi connectivity index (χ3n) is 3.29. The fourth-order valence-corrected chi connectivity index (χ4v) is 3.12. The topological polar surface area (TPSA) is 39.4 Å². The second-order valence-corrected chi connectivity index (χ2v) is 5.37. The number of nitrogens with zero attached hydrogens (tertiary/aromatic N) is 3. The van der Waals surface area contributed by atoms with Crippen molar-refractivity contribution in [2.75, 3.05) is 12.3 Å². The number of benzene rings is 1. The Balaban J connectivity index is 2.17. The Morgan fingerprint density at radius 3 is 2.78 bits per heavy atom. The zero-order valence-electron chi connectivity index (χ0n) is 10.8. The van der Waals surface area contributed by atoms with Crippen molar-refractivity contribution in [1.82, 2.24) is 4.90 Å². The van der Waals surface area contributed by atoms with Gasteiger partial charge in [-0.3, -0.25) is 0 Å². The van der Waals surface area contributed by atoms with Gasteiger partial charge in [-0.15, -0.1) is 4.99 Å². The summed E-state index contributed by atoms with van der Waals surface area (Å²) in [5, 5.41) is 9.54. The number of amidine groups is 1. The summed E-state index contributed by atoms with van der Waals surface area (Å²) in [4.78, 5) is 6.10. The Kier molecular flexibility index (Phi) is 4.27. The quantitative estimate of drug-likeness (QED) is 0.783. The zero-order valence-corrected chi connectivity index (χ0v) is 11.6. The Bertz CT molecular complexity index is 473. The van der Waals surface area contributed by atoms with Gasteiger partial charge in [0.05, 0.1) is 6.04 Å². The van der Waals surface area contributed by atoms with Crippen molar-refractivity contribution in [2.45, 2.75) is 26.3 Å². The first-order valence-electron chi connectivity index (χ1n) is 6.21. The molecule has 3 nitrogen and oxygen atoms in total. The molecule has 18 heavy (non-hydrogen) atoms. The van der Waals surface area contributed by atoms with Gasteiger partial charge in [0.15, 0.2) is 5.17 Å². The van der Waals surface area contributed by atoms with E-state index in [1.807, 2.05) is 6.19 Å². The summed E-state index contributed by atoms with van der Waals surface area (Å²) in [6.07, 6.45) is 2.95. The molecule has 0 bridgehead atoms. The van der Waals surface area contributed by atoms with Gasteiger partial charge in [0, 0.05) is 12.3 Å². The largest absolute Gasteiger partial charge is 0.343 e. The molecule has 1 aromatic carbocycles. The molecule has 0 amide bonds. The van der Waals surface area contributed by atoms with Gasteiger partial charge in [0.2, 0.25) is 6.19 Å². The van der Waals surface area contributed by atoms with E-state index in [2.05, 4.69) is 48.0 Å². The molecule has 1 saturated heterocycles. The van der Waals surface area contributed by atoms with Crippen LogP contribution in [0.1, 0.15) is 31.0 Å². The number of thioether (sulfide) groups is 1. The van der Waals surface area contributed by atoms with Crippen molar-refractivity contribution in [2.24, 2.45) is 4.99 Å². The molecule has 0 N–H and O–H groups in total. The van der Waals surface area contributed by atoms with E-state index in [1.54, 1.807) is 11.8 Å². The highest BCUT2D eigenvalue weighted by molar-refractivity contribution is 8.14. The fraction of sp³-hybridized carbons (Fsp3) is 0.429. The van der Waals surface area contributed by atoms with E-state index in [-0.39, 0.29) is 6.04 Å². The lowest BCUT2D eigenvalue weighted by Crippen LogP contribution is -2.27. The summed E-state index contributed by atoms with van der Waals surface area (Å²) in [5.74, 6) is 1.01. The molecule has 0 spiro atoms. The smallest absolute Gasteiger partial charge is 0.208 e. The van der Waals surface area contributed by atoms with Crippen LogP contribution in [0.25, 0.3) is 0 Å². The molecular weight excluding hydrogens is 242 g/mol. The van der Waals surface area contributed by atoms with Crippen LogP contribution in [0.15, 0.2) is 29.3 Å². The van der Waals surface area contributed by atoms with Crippen molar-refractivity contribution < 1.29 is 0 Å². The summed E-state index contributed by atoms with van der Waals surface area (Å²) < 4.78 is 0. The maximum Gasteiger partial charge on any atom is 0.208 e. The molecule has 4 heteroatoms. The van der Waals surface area contributed by atoms with Gasteiger partial charge in [0.25, 0.3) is 0 Å². The van der Waals surface area contributed by atoms with E-state index in [1.165, 1.54) is 11.1 Å². The highest BCUT2D eigenvalue weighted by Crippen LogP contribution is 2.29. The molecule has 1 heterocycles. The van der Waals surface area contributed by atoms with E-state index < -0.39 is 0 Å². The molecule has 0 aromatic heterocycles. The monoisotopic (exact) mass is 259 g/mol. The normalized spacial score (nSPS) is 18.9. The van der Waals surface area contributed by atoms with Gasteiger partial charge < -0.3 is 4.90 Å². The van der Waals surface area contributed by atoms with E-state index in [0.717, 1.165) is 23.9 Å². The van der Waals surface area contributed by atoms with Gasteiger partial charge in [-0.1, -0.05) is 43.0 Å². The summed E-state index contributed by atoms with van der Waals surface area (Å²) in [5.41, 5.74) is 2.63. The molecule has 0 aliphatic carbocycles. The molecule has 2 rings (SSSR count). The lowest BCUT2D eigenvalue weighted by molar-refractivity contribution is 0.370. The van der Waals surface area contributed by atoms with Crippen LogP contribution in [0.4, 0.5) is 0 Å². The standard InChI is InChI=1S/C14H17N3S/c1-3-12-4-6-13(7-5-12)11(2)17-8-9-18-14(17)16-10-15/h4-7,11H,3,8-9H2,1-2H3. The Morgan fingerprint density at radius 1 is 1.44 bits per heavy atom. The molecule has 0 saturated carbocycles. The summed E-state index contributed by atoms with van der Waals surface area (Å²) in [7, 11) is 0. The number of rotatable bonds is 3. The van der Waals surface area contributed by atoms with Crippen LogP contribution in [0.5, 0.6) is 0 Å². The average molecular weight is 259 g/mol. The molecule has 1 fully saturated rings. The minimum atomic E-state index is 0.276. The molecule has 0 radical (unpaired) electrons.